The topological polar surface area (TPSA) is 40.7 Å². The monoisotopic (exact) mass is 271 g/mol. The quantitative estimate of drug-likeness (QED) is 0.758. The number of H-pyrrole nitrogens is 1. The summed E-state index contributed by atoms with van der Waals surface area (Å²) in [7, 11) is 0. The third-order valence-corrected chi connectivity index (χ3v) is 4.89. The third-order valence-electron chi connectivity index (χ3n) is 3.43. The zero-order valence-corrected chi connectivity index (χ0v) is 11.9. The maximum absolute atomic E-state index is 3.96. The maximum Gasteiger partial charge on any atom is 0.0490 e. The van der Waals surface area contributed by atoms with Crippen molar-refractivity contribution in [3.63, 3.8) is 0 Å². The van der Waals surface area contributed by atoms with Crippen molar-refractivity contribution >= 4 is 21.4 Å². The lowest BCUT2D eigenvalue weighted by molar-refractivity contribution is 0.573. The first-order valence-corrected chi connectivity index (χ1v) is 7.27. The first kappa shape index (κ1) is 12.4. The number of hydrogen-bond acceptors (Lipinski definition) is 3. The summed E-state index contributed by atoms with van der Waals surface area (Å²) in [4.78, 5) is 1.42. The molecular formula is C15H17N3S. The number of nitrogens with zero attached hydrogens (tertiary/aromatic N) is 1. The minimum atomic E-state index is 0.348. The Hall–Kier alpha value is -1.65. The Balaban J connectivity index is 1.81. The molecule has 0 aliphatic carbocycles. The highest BCUT2D eigenvalue weighted by Crippen LogP contribution is 2.34. The van der Waals surface area contributed by atoms with Gasteiger partial charge in [0.15, 0.2) is 0 Å². The van der Waals surface area contributed by atoms with Crippen LogP contribution < -0.4 is 5.32 Å². The van der Waals surface area contributed by atoms with E-state index in [1.807, 2.05) is 17.4 Å². The summed E-state index contributed by atoms with van der Waals surface area (Å²) in [5.74, 6) is 0. The molecule has 0 aliphatic heterocycles. The number of hydrogen-bond donors (Lipinski definition) is 2. The second-order valence-corrected chi connectivity index (χ2v) is 5.86. The second kappa shape index (κ2) is 5.15. The van der Waals surface area contributed by atoms with Crippen LogP contribution in [0, 0.1) is 6.92 Å². The van der Waals surface area contributed by atoms with E-state index in [9.17, 15) is 0 Å². The predicted octanol–water partition coefficient (Wildman–Crippen LogP) is 3.78. The van der Waals surface area contributed by atoms with Crippen LogP contribution in [0.1, 0.15) is 29.1 Å². The average molecular weight is 271 g/mol. The van der Waals surface area contributed by atoms with E-state index in [0.717, 1.165) is 12.2 Å². The number of aromatic amines is 1. The summed E-state index contributed by atoms with van der Waals surface area (Å²) >= 11 is 1.88. The number of nitrogens with one attached hydrogen (secondary N) is 2. The van der Waals surface area contributed by atoms with Crippen molar-refractivity contribution in [2.24, 2.45) is 0 Å². The van der Waals surface area contributed by atoms with E-state index in [2.05, 4.69) is 53.6 Å². The molecule has 2 heterocycles. The SMILES string of the molecule is Cc1c(C(C)NCc2ccn[nH]2)sc2ccccc12. The van der Waals surface area contributed by atoms with Gasteiger partial charge in [0.2, 0.25) is 0 Å². The number of aromatic nitrogens is 2. The maximum atomic E-state index is 3.96. The van der Waals surface area contributed by atoms with Crippen molar-refractivity contribution in [3.05, 3.63) is 52.7 Å². The van der Waals surface area contributed by atoms with Gasteiger partial charge in [-0.15, -0.1) is 11.3 Å². The van der Waals surface area contributed by atoms with Gasteiger partial charge >= 0.3 is 0 Å². The Bertz CT molecular complexity index is 670. The number of aryl methyl sites for hydroxylation is 1. The molecule has 0 saturated heterocycles. The lowest BCUT2D eigenvalue weighted by Gasteiger charge is -2.12. The van der Waals surface area contributed by atoms with Gasteiger partial charge in [0.25, 0.3) is 0 Å². The fraction of sp³-hybridized carbons (Fsp3) is 0.267. The Morgan fingerprint density at radius 2 is 2.16 bits per heavy atom. The predicted molar refractivity (Wildman–Crippen MR) is 80.4 cm³/mol. The fourth-order valence-electron chi connectivity index (χ4n) is 2.35. The summed E-state index contributed by atoms with van der Waals surface area (Å²) in [6.45, 7) is 5.24. The van der Waals surface area contributed by atoms with Crippen LogP contribution in [0.25, 0.3) is 10.1 Å². The van der Waals surface area contributed by atoms with Crippen molar-refractivity contribution in [1.82, 2.24) is 15.5 Å². The molecule has 0 fully saturated rings. The molecule has 3 nitrogen and oxygen atoms in total. The Morgan fingerprint density at radius 1 is 1.32 bits per heavy atom. The van der Waals surface area contributed by atoms with Crippen LogP contribution in [0.5, 0.6) is 0 Å². The molecule has 2 N–H and O–H groups in total. The van der Waals surface area contributed by atoms with Crippen LogP contribution in [0.4, 0.5) is 0 Å². The van der Waals surface area contributed by atoms with Gasteiger partial charge in [-0.2, -0.15) is 5.10 Å². The number of rotatable bonds is 4. The Morgan fingerprint density at radius 3 is 2.89 bits per heavy atom. The van der Waals surface area contributed by atoms with Crippen LogP contribution in [-0.4, -0.2) is 10.2 Å². The zero-order chi connectivity index (χ0) is 13.2. The van der Waals surface area contributed by atoms with E-state index < -0.39 is 0 Å². The molecule has 4 heteroatoms. The molecule has 0 saturated carbocycles. The van der Waals surface area contributed by atoms with Crippen LogP contribution in [-0.2, 0) is 6.54 Å². The molecule has 98 valence electrons. The van der Waals surface area contributed by atoms with Gasteiger partial charge in [-0.05, 0) is 36.9 Å². The molecule has 3 rings (SSSR count). The lowest BCUT2D eigenvalue weighted by atomic mass is 10.1. The van der Waals surface area contributed by atoms with Crippen molar-refractivity contribution in [2.75, 3.05) is 0 Å². The standard InChI is InChI=1S/C15H17N3S/c1-10-13-5-3-4-6-14(13)19-15(10)11(2)16-9-12-7-8-17-18-12/h3-8,11,16H,9H2,1-2H3,(H,17,18). The Labute approximate surface area is 116 Å². The summed E-state index contributed by atoms with van der Waals surface area (Å²) in [5, 5.41) is 11.9. The minimum Gasteiger partial charge on any atom is -0.304 e. The zero-order valence-electron chi connectivity index (χ0n) is 11.1. The highest BCUT2D eigenvalue weighted by Gasteiger charge is 2.13. The summed E-state index contributed by atoms with van der Waals surface area (Å²) in [5.41, 5.74) is 2.51. The first-order chi connectivity index (χ1) is 9.25. The molecule has 0 bridgehead atoms. The summed E-state index contributed by atoms with van der Waals surface area (Å²) in [6, 6.07) is 10.9. The van der Waals surface area contributed by atoms with Crippen LogP contribution in [0.2, 0.25) is 0 Å². The molecule has 3 aromatic rings. The van der Waals surface area contributed by atoms with Gasteiger partial charge in [-0.1, -0.05) is 18.2 Å². The molecule has 19 heavy (non-hydrogen) atoms. The molecule has 0 amide bonds. The van der Waals surface area contributed by atoms with Crippen LogP contribution >= 0.6 is 11.3 Å². The molecule has 0 spiro atoms. The van der Waals surface area contributed by atoms with Crippen molar-refractivity contribution in [3.8, 4) is 0 Å². The average Bonchev–Trinajstić information content (AvgIpc) is 3.05. The molecule has 0 aliphatic rings. The van der Waals surface area contributed by atoms with Gasteiger partial charge < -0.3 is 5.32 Å². The molecule has 2 aromatic heterocycles. The van der Waals surface area contributed by atoms with E-state index in [-0.39, 0.29) is 0 Å². The number of thiophene rings is 1. The number of fused-ring (bicyclic) bond motifs is 1. The van der Waals surface area contributed by atoms with Gasteiger partial charge in [-0.25, -0.2) is 0 Å². The summed E-state index contributed by atoms with van der Waals surface area (Å²) in [6.07, 6.45) is 1.78. The van der Waals surface area contributed by atoms with Crippen LogP contribution in [0.3, 0.4) is 0 Å². The van der Waals surface area contributed by atoms with Crippen molar-refractivity contribution in [2.45, 2.75) is 26.4 Å². The van der Waals surface area contributed by atoms with E-state index in [1.54, 1.807) is 6.20 Å². The Kier molecular flexibility index (Phi) is 3.36. The van der Waals surface area contributed by atoms with Gasteiger partial charge in [0.1, 0.15) is 0 Å². The van der Waals surface area contributed by atoms with Crippen LogP contribution in [0.15, 0.2) is 36.5 Å². The minimum absolute atomic E-state index is 0.348. The third kappa shape index (κ3) is 2.41. The van der Waals surface area contributed by atoms with Gasteiger partial charge in [0, 0.05) is 34.1 Å². The first-order valence-electron chi connectivity index (χ1n) is 6.45. The molecular weight excluding hydrogens is 254 g/mol. The molecule has 1 unspecified atom stereocenters. The van der Waals surface area contributed by atoms with Crippen molar-refractivity contribution < 1.29 is 0 Å². The second-order valence-electron chi connectivity index (χ2n) is 4.77. The molecule has 0 radical (unpaired) electrons. The summed E-state index contributed by atoms with van der Waals surface area (Å²) < 4.78 is 1.37. The smallest absolute Gasteiger partial charge is 0.0490 e. The lowest BCUT2D eigenvalue weighted by Crippen LogP contribution is -2.18. The fourth-order valence-corrected chi connectivity index (χ4v) is 3.58. The van der Waals surface area contributed by atoms with E-state index >= 15 is 0 Å². The largest absolute Gasteiger partial charge is 0.304 e. The normalized spacial score (nSPS) is 12.9. The number of benzene rings is 1. The van der Waals surface area contributed by atoms with Gasteiger partial charge in [0.05, 0.1) is 0 Å². The van der Waals surface area contributed by atoms with E-state index in [1.165, 1.54) is 20.5 Å². The van der Waals surface area contributed by atoms with E-state index in [4.69, 9.17) is 0 Å². The highest BCUT2D eigenvalue weighted by molar-refractivity contribution is 7.19. The van der Waals surface area contributed by atoms with Gasteiger partial charge in [-0.3, -0.25) is 5.10 Å². The van der Waals surface area contributed by atoms with Crippen molar-refractivity contribution in [1.29, 1.82) is 0 Å². The highest BCUT2D eigenvalue weighted by atomic mass is 32.1. The molecule has 1 aromatic carbocycles. The van der Waals surface area contributed by atoms with E-state index in [0.29, 0.717) is 6.04 Å². The molecule has 1 atom stereocenters.